The normalized spacial score (nSPS) is 21.3. The third kappa shape index (κ3) is 4.07. The predicted molar refractivity (Wildman–Crippen MR) is 135 cm³/mol. The molecule has 32 heavy (non-hydrogen) atoms. The molecule has 1 saturated heterocycles. The van der Waals surface area contributed by atoms with Crippen molar-refractivity contribution in [2.24, 2.45) is 0 Å². The van der Waals surface area contributed by atoms with Crippen LogP contribution in [0.4, 0.5) is 10.5 Å². The molecule has 1 fully saturated rings. The fraction of sp³-hybridized carbons (Fsp3) is 0.481. The minimum atomic E-state index is -0.357. The van der Waals surface area contributed by atoms with Crippen molar-refractivity contribution >= 4 is 28.6 Å². The number of fused-ring (bicyclic) bond motifs is 1. The van der Waals surface area contributed by atoms with Gasteiger partial charge in [-0.3, -0.25) is 14.9 Å². The molecule has 2 amide bonds. The Morgan fingerprint density at radius 3 is 2.16 bits per heavy atom. The van der Waals surface area contributed by atoms with Gasteiger partial charge in [-0.05, 0) is 83.0 Å². The molecule has 0 radical (unpaired) electrons. The summed E-state index contributed by atoms with van der Waals surface area (Å²) in [5.74, 6) is -0.188. The van der Waals surface area contributed by atoms with Crippen LogP contribution in [0.1, 0.15) is 62.8 Å². The zero-order valence-corrected chi connectivity index (χ0v) is 21.1. The Labute approximate surface area is 196 Å². The highest BCUT2D eigenvalue weighted by molar-refractivity contribution is 8.15. The van der Waals surface area contributed by atoms with Crippen LogP contribution in [0.15, 0.2) is 30.3 Å². The van der Waals surface area contributed by atoms with E-state index in [4.69, 9.17) is 0 Å². The molecule has 1 N–H and O–H groups in total. The number of thioether (sulfide) groups is 1. The van der Waals surface area contributed by atoms with Crippen LogP contribution in [-0.2, 0) is 22.0 Å². The summed E-state index contributed by atoms with van der Waals surface area (Å²) in [5, 5.41) is 1.79. The Morgan fingerprint density at radius 2 is 1.59 bits per heavy atom. The van der Waals surface area contributed by atoms with E-state index in [1.54, 1.807) is 0 Å². The molecule has 1 aliphatic carbocycles. The monoisotopic (exact) mass is 450 g/mol. The Bertz CT molecular complexity index is 1100. The molecule has 4 nitrogen and oxygen atoms in total. The molecule has 1 aliphatic heterocycles. The molecule has 1 heterocycles. The van der Waals surface area contributed by atoms with Gasteiger partial charge in [-0.1, -0.05) is 51.6 Å². The smallest absolute Gasteiger partial charge is 0.286 e. The molecule has 4 rings (SSSR count). The lowest BCUT2D eigenvalue weighted by molar-refractivity contribution is -0.118. The van der Waals surface area contributed by atoms with Gasteiger partial charge < -0.3 is 4.90 Å². The lowest BCUT2D eigenvalue weighted by Gasteiger charge is -2.42. The maximum atomic E-state index is 12.1. The number of hydrogen-bond acceptors (Lipinski definition) is 4. The Morgan fingerprint density at radius 1 is 0.969 bits per heavy atom. The number of hydrogen-bond donors (Lipinski definition) is 1. The summed E-state index contributed by atoms with van der Waals surface area (Å²) in [6, 6.07) is 11.2. The summed E-state index contributed by atoms with van der Waals surface area (Å²) in [6.45, 7) is 11.6. The van der Waals surface area contributed by atoms with Gasteiger partial charge in [-0.15, -0.1) is 0 Å². The van der Waals surface area contributed by atoms with E-state index < -0.39 is 0 Å². The van der Waals surface area contributed by atoms with Gasteiger partial charge in [0.2, 0.25) is 5.91 Å². The number of nitrogens with zero attached hydrogens (tertiary/aromatic N) is 1. The number of rotatable bonds is 4. The summed E-state index contributed by atoms with van der Waals surface area (Å²) in [4.78, 5) is 25.9. The average Bonchev–Trinajstić information content (AvgIpc) is 3.02. The van der Waals surface area contributed by atoms with Crippen LogP contribution < -0.4 is 10.2 Å². The van der Waals surface area contributed by atoms with Crippen LogP contribution in [0, 0.1) is 6.92 Å². The van der Waals surface area contributed by atoms with E-state index in [1.807, 2.05) is 0 Å². The molecular weight excluding hydrogens is 416 g/mol. The van der Waals surface area contributed by atoms with Crippen LogP contribution in [0.2, 0.25) is 0 Å². The molecule has 1 unspecified atom stereocenters. The largest absolute Gasteiger partial charge is 0.377 e. The van der Waals surface area contributed by atoms with E-state index >= 15 is 0 Å². The van der Waals surface area contributed by atoms with E-state index in [0.717, 1.165) is 23.0 Å². The molecule has 2 aromatic carbocycles. The first-order valence-electron chi connectivity index (χ1n) is 11.4. The molecule has 1 atom stereocenters. The molecule has 0 bridgehead atoms. The number of anilines is 1. The standard InChI is InChI=1S/C27H34N2O2S/c1-16-12-20-21(27(4,5)11-10-26(20,2)3)15-18(16)19-13-17(8-9-22(19)29(6)7)14-23-24(30)28-25(31)32-23/h8-9,12-13,15,23H,10-11,14H2,1-7H3,(H,28,30,31). The van der Waals surface area contributed by atoms with Crippen molar-refractivity contribution in [1.82, 2.24) is 5.32 Å². The lowest BCUT2D eigenvalue weighted by Crippen LogP contribution is -2.34. The van der Waals surface area contributed by atoms with E-state index in [-0.39, 0.29) is 27.2 Å². The number of nitrogens with one attached hydrogen (secondary N) is 1. The lowest BCUT2D eigenvalue weighted by atomic mass is 9.62. The Hall–Kier alpha value is -2.27. The first-order chi connectivity index (χ1) is 14.9. The fourth-order valence-electron chi connectivity index (χ4n) is 5.07. The van der Waals surface area contributed by atoms with E-state index in [1.165, 1.54) is 40.7 Å². The first-order valence-corrected chi connectivity index (χ1v) is 12.2. The highest BCUT2D eigenvalue weighted by atomic mass is 32.2. The second-order valence-corrected chi connectivity index (χ2v) is 12.0. The van der Waals surface area contributed by atoms with Crippen molar-refractivity contribution in [1.29, 1.82) is 0 Å². The predicted octanol–water partition coefficient (Wildman–Crippen LogP) is 5.97. The number of amides is 2. The van der Waals surface area contributed by atoms with Crippen molar-refractivity contribution in [3.05, 3.63) is 52.6 Å². The van der Waals surface area contributed by atoms with E-state index in [2.05, 4.69) is 89.3 Å². The topological polar surface area (TPSA) is 49.4 Å². The highest BCUT2D eigenvalue weighted by Crippen LogP contribution is 2.48. The van der Waals surface area contributed by atoms with Crippen molar-refractivity contribution in [3.63, 3.8) is 0 Å². The van der Waals surface area contributed by atoms with Crippen LogP contribution in [-0.4, -0.2) is 30.5 Å². The quantitative estimate of drug-likeness (QED) is 0.623. The molecule has 170 valence electrons. The van der Waals surface area contributed by atoms with Crippen molar-refractivity contribution in [3.8, 4) is 11.1 Å². The summed E-state index contributed by atoms with van der Waals surface area (Å²) in [5.41, 5.74) is 9.17. The van der Waals surface area contributed by atoms with Gasteiger partial charge >= 0.3 is 0 Å². The zero-order valence-electron chi connectivity index (χ0n) is 20.3. The minimum absolute atomic E-state index is 0.141. The van der Waals surface area contributed by atoms with Gasteiger partial charge in [0.15, 0.2) is 0 Å². The fourth-order valence-corrected chi connectivity index (χ4v) is 5.93. The Kier molecular flexibility index (Phi) is 5.69. The zero-order chi connectivity index (χ0) is 23.4. The van der Waals surface area contributed by atoms with Crippen molar-refractivity contribution in [2.75, 3.05) is 19.0 Å². The van der Waals surface area contributed by atoms with Gasteiger partial charge in [0.1, 0.15) is 0 Å². The molecule has 0 spiro atoms. The summed E-state index contributed by atoms with van der Waals surface area (Å²) in [7, 11) is 4.14. The van der Waals surface area contributed by atoms with Gasteiger partial charge in [-0.2, -0.15) is 0 Å². The van der Waals surface area contributed by atoms with Crippen molar-refractivity contribution < 1.29 is 9.59 Å². The average molecular weight is 451 g/mol. The SMILES string of the molecule is Cc1cc2c(cc1-c1cc(CC3SC(=O)NC3=O)ccc1N(C)C)C(C)(C)CCC2(C)C. The summed E-state index contributed by atoms with van der Waals surface area (Å²) < 4.78 is 0. The van der Waals surface area contributed by atoms with Gasteiger partial charge in [0, 0.05) is 25.3 Å². The second-order valence-electron chi connectivity index (χ2n) is 10.8. The van der Waals surface area contributed by atoms with Gasteiger partial charge in [-0.25, -0.2) is 0 Å². The molecular formula is C27H34N2O2S. The first kappa shape index (κ1) is 22.9. The van der Waals surface area contributed by atoms with E-state index in [9.17, 15) is 9.59 Å². The third-order valence-electron chi connectivity index (χ3n) is 7.22. The second kappa shape index (κ2) is 7.95. The summed E-state index contributed by atoms with van der Waals surface area (Å²) >= 11 is 1.09. The number of carbonyl (C=O) groups is 2. The molecule has 2 aromatic rings. The maximum absolute atomic E-state index is 12.1. The molecule has 0 saturated carbocycles. The molecule has 0 aromatic heterocycles. The number of aryl methyl sites for hydroxylation is 1. The Balaban J connectivity index is 1.83. The van der Waals surface area contributed by atoms with Crippen LogP contribution in [0.25, 0.3) is 11.1 Å². The van der Waals surface area contributed by atoms with Crippen LogP contribution >= 0.6 is 11.8 Å². The minimum Gasteiger partial charge on any atom is -0.377 e. The number of carbonyl (C=O) groups excluding carboxylic acids is 2. The number of imide groups is 1. The highest BCUT2D eigenvalue weighted by Gasteiger charge is 2.38. The van der Waals surface area contributed by atoms with Gasteiger partial charge in [0.05, 0.1) is 5.25 Å². The van der Waals surface area contributed by atoms with Gasteiger partial charge in [0.25, 0.3) is 5.24 Å². The maximum Gasteiger partial charge on any atom is 0.286 e. The molecule has 2 aliphatic rings. The molecule has 5 heteroatoms. The van der Waals surface area contributed by atoms with E-state index in [0.29, 0.717) is 6.42 Å². The van der Waals surface area contributed by atoms with Crippen molar-refractivity contribution in [2.45, 2.75) is 70.0 Å². The van der Waals surface area contributed by atoms with Crippen LogP contribution in [0.5, 0.6) is 0 Å². The third-order valence-corrected chi connectivity index (χ3v) is 8.20. The summed E-state index contributed by atoms with van der Waals surface area (Å²) in [6.07, 6.45) is 2.92. The van der Waals surface area contributed by atoms with Crippen LogP contribution in [0.3, 0.4) is 0 Å². The number of benzene rings is 2.